The molecule has 0 aliphatic heterocycles. The normalized spacial score (nSPS) is 10.2. The summed E-state index contributed by atoms with van der Waals surface area (Å²) in [5.74, 6) is 0.537. The van der Waals surface area contributed by atoms with Crippen LogP contribution in [0.4, 0.5) is 16.3 Å². The van der Waals surface area contributed by atoms with Gasteiger partial charge < -0.3 is 20.1 Å². The lowest BCUT2D eigenvalue weighted by atomic mass is 10.1. The summed E-state index contributed by atoms with van der Waals surface area (Å²) >= 11 is 0. The lowest BCUT2D eigenvalue weighted by Crippen LogP contribution is -2.40. The summed E-state index contributed by atoms with van der Waals surface area (Å²) in [5.41, 5.74) is 1.85. The molecule has 0 fully saturated rings. The van der Waals surface area contributed by atoms with Gasteiger partial charge in [-0.2, -0.15) is 0 Å². The van der Waals surface area contributed by atoms with Crippen molar-refractivity contribution in [2.24, 2.45) is 0 Å². The number of rotatable bonds is 7. The predicted molar refractivity (Wildman–Crippen MR) is 96.5 cm³/mol. The average Bonchev–Trinajstić information content (AvgIpc) is 2.99. The summed E-state index contributed by atoms with van der Waals surface area (Å²) < 4.78 is 4.89. The number of nitrogens with zero attached hydrogens (tertiary/aromatic N) is 2. The Bertz CT molecular complexity index is 737. The Labute approximate surface area is 146 Å². The van der Waals surface area contributed by atoms with E-state index in [2.05, 4.69) is 29.3 Å². The van der Waals surface area contributed by atoms with Crippen molar-refractivity contribution in [3.63, 3.8) is 0 Å². The highest BCUT2D eigenvalue weighted by atomic mass is 16.5. The van der Waals surface area contributed by atoms with Crippen molar-refractivity contribution < 1.29 is 14.1 Å². The fourth-order valence-corrected chi connectivity index (χ4v) is 2.18. The van der Waals surface area contributed by atoms with Gasteiger partial charge in [0.05, 0.1) is 0 Å². The number of nitrogens with one attached hydrogen (secondary N) is 2. The van der Waals surface area contributed by atoms with Gasteiger partial charge in [0.25, 0.3) is 0 Å². The van der Waals surface area contributed by atoms with Gasteiger partial charge in [-0.1, -0.05) is 30.3 Å². The zero-order valence-electron chi connectivity index (χ0n) is 14.4. The molecule has 2 aromatic rings. The van der Waals surface area contributed by atoms with E-state index in [1.807, 2.05) is 24.3 Å². The molecule has 0 spiro atoms. The van der Waals surface area contributed by atoms with Gasteiger partial charge in [-0.3, -0.25) is 4.79 Å². The summed E-state index contributed by atoms with van der Waals surface area (Å²) in [6.07, 6.45) is 2.49. The number of hydrogen-bond donors (Lipinski definition) is 2. The van der Waals surface area contributed by atoms with Crippen molar-refractivity contribution in [1.82, 2.24) is 10.1 Å². The van der Waals surface area contributed by atoms with E-state index in [4.69, 9.17) is 4.52 Å². The van der Waals surface area contributed by atoms with Crippen LogP contribution in [0.2, 0.25) is 0 Å². The number of carbonyl (C=O) groups is 2. The number of hydrogen-bond acceptors (Lipinski definition) is 4. The summed E-state index contributed by atoms with van der Waals surface area (Å²) in [5, 5.41) is 9.05. The third kappa shape index (κ3) is 5.49. The largest absolute Gasteiger partial charge is 0.360 e. The zero-order valence-corrected chi connectivity index (χ0v) is 14.4. The molecule has 0 aliphatic rings. The molecule has 7 nitrogen and oxygen atoms in total. The second kappa shape index (κ2) is 8.68. The van der Waals surface area contributed by atoms with Gasteiger partial charge in [-0.05, 0) is 31.0 Å². The molecule has 0 saturated carbocycles. The lowest BCUT2D eigenvalue weighted by molar-refractivity contribution is -0.116. The van der Waals surface area contributed by atoms with Crippen LogP contribution >= 0.6 is 0 Å². The molecule has 0 aliphatic carbocycles. The third-order valence-electron chi connectivity index (χ3n) is 3.48. The van der Waals surface area contributed by atoms with E-state index in [0.29, 0.717) is 17.3 Å². The number of aryl methyl sites for hydroxylation is 2. The van der Waals surface area contributed by atoms with Crippen molar-refractivity contribution in [2.45, 2.75) is 20.3 Å². The Hall–Kier alpha value is -3.09. The van der Waals surface area contributed by atoms with E-state index in [1.165, 1.54) is 10.5 Å². The van der Waals surface area contributed by atoms with Crippen molar-refractivity contribution >= 4 is 23.4 Å². The molecule has 1 aromatic carbocycles. The van der Waals surface area contributed by atoms with E-state index in [1.54, 1.807) is 19.1 Å². The first-order valence-electron chi connectivity index (χ1n) is 8.00. The highest BCUT2D eigenvalue weighted by Crippen LogP contribution is 2.11. The second-order valence-corrected chi connectivity index (χ2v) is 5.52. The maximum atomic E-state index is 12.4. The predicted octanol–water partition coefficient (Wildman–Crippen LogP) is 3.20. The molecule has 0 unspecified atom stereocenters. The molecular weight excluding hydrogens is 320 g/mol. The monoisotopic (exact) mass is 342 g/mol. The Kier molecular flexibility index (Phi) is 6.33. The Balaban J connectivity index is 1.96. The topological polar surface area (TPSA) is 87.5 Å². The smallest absolute Gasteiger partial charge is 0.322 e. The number of anilines is 2. The van der Waals surface area contributed by atoms with Crippen molar-refractivity contribution in [1.29, 1.82) is 0 Å². The van der Waals surface area contributed by atoms with Crippen LogP contribution in [0.1, 0.15) is 18.2 Å². The molecule has 3 amide bonds. The quantitative estimate of drug-likeness (QED) is 0.756. The summed E-state index contributed by atoms with van der Waals surface area (Å²) in [7, 11) is 0. The first-order valence-corrected chi connectivity index (χ1v) is 8.00. The van der Waals surface area contributed by atoms with Crippen LogP contribution in [0, 0.1) is 6.92 Å². The van der Waals surface area contributed by atoms with Crippen LogP contribution in [0.25, 0.3) is 0 Å². The van der Waals surface area contributed by atoms with Gasteiger partial charge in [0.2, 0.25) is 5.91 Å². The number of carbonyl (C=O) groups excluding carboxylic acids is 2. The highest BCUT2D eigenvalue weighted by molar-refractivity contribution is 5.96. The van der Waals surface area contributed by atoms with Crippen molar-refractivity contribution in [2.75, 3.05) is 23.7 Å². The van der Waals surface area contributed by atoms with Gasteiger partial charge in [-0.25, -0.2) is 4.79 Å². The van der Waals surface area contributed by atoms with Crippen LogP contribution in [-0.4, -0.2) is 35.1 Å². The second-order valence-electron chi connectivity index (χ2n) is 5.52. The lowest BCUT2D eigenvalue weighted by Gasteiger charge is -2.21. The molecular formula is C18H22N4O3. The van der Waals surface area contributed by atoms with Crippen LogP contribution in [-0.2, 0) is 11.2 Å². The Morgan fingerprint density at radius 1 is 1.28 bits per heavy atom. The van der Waals surface area contributed by atoms with Gasteiger partial charge in [0.1, 0.15) is 12.3 Å². The minimum atomic E-state index is -0.379. The number of aromatic nitrogens is 1. The van der Waals surface area contributed by atoms with Crippen LogP contribution in [0.3, 0.4) is 0 Å². The molecule has 0 atom stereocenters. The third-order valence-corrected chi connectivity index (χ3v) is 3.48. The van der Waals surface area contributed by atoms with E-state index < -0.39 is 0 Å². The maximum absolute atomic E-state index is 12.4. The minimum Gasteiger partial charge on any atom is -0.360 e. The van der Waals surface area contributed by atoms with Crippen molar-refractivity contribution in [3.05, 3.63) is 54.3 Å². The SMILES string of the molecule is C=CCN(CC(=O)Nc1cc(C)on1)C(=O)Nc1ccc(CC)cc1. The molecule has 7 heteroatoms. The molecule has 0 radical (unpaired) electrons. The van der Waals surface area contributed by atoms with Gasteiger partial charge in [0, 0.05) is 18.3 Å². The van der Waals surface area contributed by atoms with E-state index >= 15 is 0 Å². The maximum Gasteiger partial charge on any atom is 0.322 e. The number of benzene rings is 1. The van der Waals surface area contributed by atoms with Crippen LogP contribution in [0.15, 0.2) is 47.5 Å². The first kappa shape index (κ1) is 18.3. The number of amides is 3. The molecule has 25 heavy (non-hydrogen) atoms. The zero-order chi connectivity index (χ0) is 18.2. The van der Waals surface area contributed by atoms with Crippen LogP contribution < -0.4 is 10.6 Å². The summed E-state index contributed by atoms with van der Waals surface area (Å²) in [4.78, 5) is 25.9. The summed E-state index contributed by atoms with van der Waals surface area (Å²) in [6, 6.07) is 8.79. The Morgan fingerprint density at radius 3 is 2.56 bits per heavy atom. The molecule has 132 valence electrons. The Morgan fingerprint density at radius 2 is 2.00 bits per heavy atom. The minimum absolute atomic E-state index is 0.128. The van der Waals surface area contributed by atoms with Gasteiger partial charge >= 0.3 is 6.03 Å². The standard InChI is InChI=1S/C18H22N4O3/c1-4-10-22(12-17(23)20-16-11-13(3)25-21-16)18(24)19-15-8-6-14(5-2)7-9-15/h4,6-9,11H,1,5,10,12H2,2-3H3,(H,19,24)(H,20,21,23). The van der Waals surface area contributed by atoms with Gasteiger partial charge in [-0.15, -0.1) is 6.58 Å². The van der Waals surface area contributed by atoms with E-state index in [0.717, 1.165) is 6.42 Å². The highest BCUT2D eigenvalue weighted by Gasteiger charge is 2.17. The number of urea groups is 1. The fourth-order valence-electron chi connectivity index (χ4n) is 2.18. The van der Waals surface area contributed by atoms with Gasteiger partial charge in [0.15, 0.2) is 5.82 Å². The average molecular weight is 342 g/mol. The molecule has 1 heterocycles. The molecule has 2 rings (SSSR count). The summed E-state index contributed by atoms with van der Waals surface area (Å²) in [6.45, 7) is 7.53. The molecule has 1 aromatic heterocycles. The van der Waals surface area contributed by atoms with Crippen molar-refractivity contribution in [3.8, 4) is 0 Å². The van der Waals surface area contributed by atoms with E-state index in [9.17, 15) is 9.59 Å². The van der Waals surface area contributed by atoms with Crippen LogP contribution in [0.5, 0.6) is 0 Å². The molecule has 2 N–H and O–H groups in total. The molecule has 0 bridgehead atoms. The fraction of sp³-hybridized carbons (Fsp3) is 0.278. The van der Waals surface area contributed by atoms with E-state index in [-0.39, 0.29) is 25.0 Å². The molecule has 0 saturated heterocycles. The first-order chi connectivity index (χ1) is 12.0.